The van der Waals surface area contributed by atoms with Crippen LogP contribution in [0.1, 0.15) is 19.8 Å². The number of nitrogens with one attached hydrogen (secondary N) is 1. The van der Waals surface area contributed by atoms with Crippen molar-refractivity contribution in [1.29, 1.82) is 0 Å². The third-order valence-corrected chi connectivity index (χ3v) is 3.00. The van der Waals surface area contributed by atoms with Crippen molar-refractivity contribution in [2.75, 3.05) is 39.5 Å². The van der Waals surface area contributed by atoms with Crippen molar-refractivity contribution in [2.24, 2.45) is 0 Å². The number of rotatable bonds is 12. The van der Waals surface area contributed by atoms with Crippen LogP contribution in [0.4, 0.5) is 0 Å². The van der Waals surface area contributed by atoms with E-state index in [2.05, 4.69) is 5.32 Å². The van der Waals surface area contributed by atoms with Gasteiger partial charge in [-0.15, -0.1) is 0 Å². The Bertz CT molecular complexity index is 457. The number of hydrogen-bond acceptors (Lipinski definition) is 6. The Kier molecular flexibility index (Phi) is 8.78. The summed E-state index contributed by atoms with van der Waals surface area (Å²) >= 11 is 0. The van der Waals surface area contributed by atoms with Crippen molar-refractivity contribution in [3.63, 3.8) is 0 Å². The average molecular weight is 326 g/mol. The standard InChI is InChI=1S/C15H22N2O6/c1-12(18)5-8-22-10-11-23-9-6-16-13(19)4-7-17-14(20)2-3-15(17)21/h2-3H,4-11H2,1H3,(H,16,19). The lowest BCUT2D eigenvalue weighted by Gasteiger charge is -2.13. The van der Waals surface area contributed by atoms with E-state index in [-0.39, 0.29) is 24.7 Å². The molecule has 0 aromatic heterocycles. The molecule has 23 heavy (non-hydrogen) atoms. The molecule has 0 aliphatic carbocycles. The predicted octanol–water partition coefficient (Wildman–Crippen LogP) is -0.570. The Morgan fingerprint density at radius 1 is 1.00 bits per heavy atom. The van der Waals surface area contributed by atoms with Crippen LogP contribution in [0.15, 0.2) is 12.2 Å². The summed E-state index contributed by atoms with van der Waals surface area (Å²) in [6, 6.07) is 0. The second-order valence-corrected chi connectivity index (χ2v) is 4.94. The number of imide groups is 1. The second-order valence-electron chi connectivity index (χ2n) is 4.94. The fourth-order valence-corrected chi connectivity index (χ4v) is 1.75. The largest absolute Gasteiger partial charge is 0.379 e. The molecule has 0 fully saturated rings. The summed E-state index contributed by atoms with van der Waals surface area (Å²) in [7, 11) is 0. The third-order valence-electron chi connectivity index (χ3n) is 3.00. The molecule has 0 aromatic rings. The Morgan fingerprint density at radius 3 is 2.22 bits per heavy atom. The molecule has 0 atom stereocenters. The summed E-state index contributed by atoms with van der Waals surface area (Å²) < 4.78 is 10.4. The zero-order valence-corrected chi connectivity index (χ0v) is 13.2. The lowest BCUT2D eigenvalue weighted by atomic mass is 10.3. The van der Waals surface area contributed by atoms with Crippen LogP contribution in [0.25, 0.3) is 0 Å². The fourth-order valence-electron chi connectivity index (χ4n) is 1.75. The minimum atomic E-state index is -0.393. The number of Topliss-reactive ketones (excluding diaryl/α,β-unsaturated/α-hetero) is 1. The van der Waals surface area contributed by atoms with Crippen LogP contribution in [-0.4, -0.2) is 67.9 Å². The first-order valence-corrected chi connectivity index (χ1v) is 7.46. The third kappa shape index (κ3) is 8.22. The summed E-state index contributed by atoms with van der Waals surface area (Å²) in [6.07, 6.45) is 2.83. The van der Waals surface area contributed by atoms with Crippen LogP contribution < -0.4 is 5.32 Å². The molecule has 0 radical (unpaired) electrons. The topological polar surface area (TPSA) is 102 Å². The predicted molar refractivity (Wildman–Crippen MR) is 80.4 cm³/mol. The zero-order chi connectivity index (χ0) is 17.1. The molecule has 0 spiro atoms. The monoisotopic (exact) mass is 326 g/mol. The van der Waals surface area contributed by atoms with Gasteiger partial charge in [0.2, 0.25) is 5.91 Å². The first-order chi connectivity index (χ1) is 11.0. The van der Waals surface area contributed by atoms with E-state index >= 15 is 0 Å². The molecule has 0 saturated carbocycles. The molecule has 0 unspecified atom stereocenters. The van der Waals surface area contributed by atoms with Crippen molar-refractivity contribution in [1.82, 2.24) is 10.2 Å². The van der Waals surface area contributed by atoms with E-state index in [1.165, 1.54) is 19.1 Å². The Hall–Kier alpha value is -2.06. The van der Waals surface area contributed by atoms with Crippen molar-refractivity contribution < 1.29 is 28.7 Å². The van der Waals surface area contributed by atoms with Gasteiger partial charge in [0, 0.05) is 38.1 Å². The van der Waals surface area contributed by atoms with Crippen molar-refractivity contribution in [3.05, 3.63) is 12.2 Å². The van der Waals surface area contributed by atoms with Gasteiger partial charge in [0.25, 0.3) is 11.8 Å². The van der Waals surface area contributed by atoms with E-state index in [1.54, 1.807) is 0 Å². The number of carbonyl (C=O) groups excluding carboxylic acids is 4. The maximum atomic E-state index is 11.6. The van der Waals surface area contributed by atoms with Gasteiger partial charge in [0.15, 0.2) is 0 Å². The number of ether oxygens (including phenoxy) is 2. The quantitative estimate of drug-likeness (QED) is 0.381. The molecule has 1 aliphatic heterocycles. The van der Waals surface area contributed by atoms with E-state index in [1.807, 2.05) is 0 Å². The lowest BCUT2D eigenvalue weighted by molar-refractivity contribution is -0.137. The Morgan fingerprint density at radius 2 is 1.61 bits per heavy atom. The van der Waals surface area contributed by atoms with E-state index < -0.39 is 11.8 Å². The number of amides is 3. The molecule has 1 N–H and O–H groups in total. The molecular weight excluding hydrogens is 304 g/mol. The second kappa shape index (κ2) is 10.6. The highest BCUT2D eigenvalue weighted by molar-refractivity contribution is 6.13. The van der Waals surface area contributed by atoms with Crippen LogP contribution in [0, 0.1) is 0 Å². The first-order valence-electron chi connectivity index (χ1n) is 7.46. The van der Waals surface area contributed by atoms with Crippen LogP contribution in [-0.2, 0) is 28.7 Å². The molecule has 0 saturated heterocycles. The van der Waals surface area contributed by atoms with Crippen LogP contribution in [0.2, 0.25) is 0 Å². The van der Waals surface area contributed by atoms with Gasteiger partial charge in [-0.2, -0.15) is 0 Å². The summed E-state index contributed by atoms with van der Waals surface area (Å²) in [5.41, 5.74) is 0. The van der Waals surface area contributed by atoms with E-state index in [9.17, 15) is 19.2 Å². The SMILES string of the molecule is CC(=O)CCOCCOCCNC(=O)CCN1C(=O)C=CC1=O. The van der Waals surface area contributed by atoms with E-state index in [0.717, 1.165) is 4.90 Å². The summed E-state index contributed by atoms with van der Waals surface area (Å²) in [5.74, 6) is -0.952. The van der Waals surface area contributed by atoms with Crippen molar-refractivity contribution in [3.8, 4) is 0 Å². The molecule has 0 bridgehead atoms. The summed E-state index contributed by atoms with van der Waals surface area (Å²) in [4.78, 5) is 45.8. The van der Waals surface area contributed by atoms with Crippen LogP contribution >= 0.6 is 0 Å². The Labute approximate surface area is 134 Å². The molecule has 1 aliphatic rings. The Balaban J connectivity index is 1.93. The van der Waals surface area contributed by atoms with Gasteiger partial charge in [-0.25, -0.2) is 0 Å². The maximum absolute atomic E-state index is 11.6. The molecule has 1 heterocycles. The van der Waals surface area contributed by atoms with E-state index in [4.69, 9.17) is 9.47 Å². The highest BCUT2D eigenvalue weighted by Crippen LogP contribution is 2.03. The molecular formula is C15H22N2O6. The van der Waals surface area contributed by atoms with Crippen molar-refractivity contribution >= 4 is 23.5 Å². The maximum Gasteiger partial charge on any atom is 0.253 e. The van der Waals surface area contributed by atoms with Gasteiger partial charge in [-0.1, -0.05) is 0 Å². The van der Waals surface area contributed by atoms with Crippen LogP contribution in [0.3, 0.4) is 0 Å². The minimum Gasteiger partial charge on any atom is -0.379 e. The molecule has 128 valence electrons. The smallest absolute Gasteiger partial charge is 0.253 e. The number of nitrogens with zero attached hydrogens (tertiary/aromatic N) is 1. The minimum absolute atomic E-state index is 0.0628. The molecule has 8 heteroatoms. The van der Waals surface area contributed by atoms with Gasteiger partial charge >= 0.3 is 0 Å². The zero-order valence-electron chi connectivity index (χ0n) is 13.2. The number of ketones is 1. The van der Waals surface area contributed by atoms with Gasteiger partial charge < -0.3 is 14.8 Å². The molecule has 0 aromatic carbocycles. The first kappa shape index (κ1) is 19.0. The van der Waals surface area contributed by atoms with Gasteiger partial charge in [0.1, 0.15) is 5.78 Å². The molecule has 8 nitrogen and oxygen atoms in total. The highest BCUT2D eigenvalue weighted by atomic mass is 16.5. The van der Waals surface area contributed by atoms with Crippen molar-refractivity contribution in [2.45, 2.75) is 19.8 Å². The number of carbonyl (C=O) groups is 4. The highest BCUT2D eigenvalue weighted by Gasteiger charge is 2.23. The van der Waals surface area contributed by atoms with E-state index in [0.29, 0.717) is 39.4 Å². The summed E-state index contributed by atoms with van der Waals surface area (Å²) in [5, 5.41) is 2.63. The average Bonchev–Trinajstić information content (AvgIpc) is 2.82. The molecule has 1 rings (SSSR count). The fraction of sp³-hybridized carbons (Fsp3) is 0.600. The lowest BCUT2D eigenvalue weighted by Crippen LogP contribution is -2.35. The molecule has 3 amide bonds. The normalized spacial score (nSPS) is 13.7. The van der Waals surface area contributed by atoms with Gasteiger partial charge in [0.05, 0.1) is 26.4 Å². The van der Waals surface area contributed by atoms with Gasteiger partial charge in [-0.3, -0.25) is 24.1 Å². The summed E-state index contributed by atoms with van der Waals surface area (Å²) in [6.45, 7) is 3.43. The number of hydrogen-bond donors (Lipinski definition) is 1. The van der Waals surface area contributed by atoms with Crippen LogP contribution in [0.5, 0.6) is 0 Å². The van der Waals surface area contributed by atoms with Gasteiger partial charge in [-0.05, 0) is 6.92 Å².